The summed E-state index contributed by atoms with van der Waals surface area (Å²) >= 11 is 0. The summed E-state index contributed by atoms with van der Waals surface area (Å²) in [5, 5.41) is 3.14. The van der Waals surface area contributed by atoms with E-state index in [9.17, 15) is 9.59 Å². The van der Waals surface area contributed by atoms with Gasteiger partial charge in [0.2, 0.25) is 11.8 Å². The van der Waals surface area contributed by atoms with E-state index in [1.54, 1.807) is 4.90 Å². The first-order valence-corrected chi connectivity index (χ1v) is 5.73. The quantitative estimate of drug-likeness (QED) is 0.669. The summed E-state index contributed by atoms with van der Waals surface area (Å²) in [6.45, 7) is 7.50. The first-order chi connectivity index (χ1) is 7.43. The van der Waals surface area contributed by atoms with E-state index in [1.165, 1.54) is 0 Å². The molecule has 1 atom stereocenters. The molecule has 1 saturated heterocycles. The van der Waals surface area contributed by atoms with E-state index in [-0.39, 0.29) is 24.4 Å². The first-order valence-electron chi connectivity index (χ1n) is 5.73. The summed E-state index contributed by atoms with van der Waals surface area (Å²) in [5.41, 5.74) is 5.15. The zero-order chi connectivity index (χ0) is 12.3. The molecule has 5 nitrogen and oxygen atoms in total. The molecule has 0 radical (unpaired) electrons. The van der Waals surface area contributed by atoms with Gasteiger partial charge in [-0.05, 0) is 32.9 Å². The molecular formula is C11H21N3O2. The van der Waals surface area contributed by atoms with Crippen molar-refractivity contribution in [3.8, 4) is 0 Å². The summed E-state index contributed by atoms with van der Waals surface area (Å²) in [6.07, 6.45) is 0. The lowest BCUT2D eigenvalue weighted by Gasteiger charge is -2.36. The second-order valence-electron chi connectivity index (χ2n) is 4.73. The lowest BCUT2D eigenvalue weighted by Crippen LogP contribution is -2.52. The Morgan fingerprint density at radius 2 is 1.94 bits per heavy atom. The molecule has 1 heterocycles. The smallest absolute Gasteiger partial charge is 0.237 e. The minimum atomic E-state index is -0.457. The minimum absolute atomic E-state index is 0.00971. The fourth-order valence-corrected chi connectivity index (χ4v) is 1.81. The third-order valence-corrected chi connectivity index (χ3v) is 3.14. The zero-order valence-corrected chi connectivity index (χ0v) is 10.2. The fraction of sp³-hybridized carbons (Fsp3) is 0.818. The highest BCUT2D eigenvalue weighted by Crippen LogP contribution is 2.19. The molecular weight excluding hydrogens is 206 g/mol. The van der Waals surface area contributed by atoms with Crippen LogP contribution in [0, 0.1) is 11.8 Å². The lowest BCUT2D eigenvalue weighted by molar-refractivity contribution is -0.142. The summed E-state index contributed by atoms with van der Waals surface area (Å²) < 4.78 is 0. The average molecular weight is 227 g/mol. The van der Waals surface area contributed by atoms with Gasteiger partial charge >= 0.3 is 0 Å². The Morgan fingerprint density at radius 3 is 2.25 bits per heavy atom. The van der Waals surface area contributed by atoms with E-state index in [1.807, 2.05) is 20.8 Å². The molecule has 1 rings (SSSR count). The van der Waals surface area contributed by atoms with Crippen LogP contribution in [0.2, 0.25) is 0 Å². The van der Waals surface area contributed by atoms with E-state index >= 15 is 0 Å². The van der Waals surface area contributed by atoms with Crippen molar-refractivity contribution in [2.45, 2.75) is 26.8 Å². The largest absolute Gasteiger partial charge is 0.368 e. The van der Waals surface area contributed by atoms with Gasteiger partial charge in [0.05, 0.1) is 6.54 Å². The number of carbonyl (C=O) groups is 2. The predicted octanol–water partition coefficient (Wildman–Crippen LogP) is -0.436. The summed E-state index contributed by atoms with van der Waals surface area (Å²) in [4.78, 5) is 24.6. The van der Waals surface area contributed by atoms with Crippen LogP contribution in [0.25, 0.3) is 0 Å². The third-order valence-electron chi connectivity index (χ3n) is 3.14. The van der Waals surface area contributed by atoms with E-state index < -0.39 is 5.91 Å². The molecule has 0 aliphatic carbocycles. The van der Waals surface area contributed by atoms with Crippen molar-refractivity contribution in [3.05, 3.63) is 0 Å². The molecule has 1 unspecified atom stereocenters. The number of hydrogen-bond donors (Lipinski definition) is 2. The van der Waals surface area contributed by atoms with E-state index in [2.05, 4.69) is 5.32 Å². The minimum Gasteiger partial charge on any atom is -0.368 e. The normalized spacial score (nSPS) is 18.0. The van der Waals surface area contributed by atoms with Crippen LogP contribution in [-0.2, 0) is 9.59 Å². The predicted molar refractivity (Wildman–Crippen MR) is 61.6 cm³/mol. The molecule has 0 aromatic carbocycles. The number of nitrogens with one attached hydrogen (secondary N) is 1. The Bertz CT molecular complexity index is 274. The second kappa shape index (κ2) is 5.30. The molecule has 0 aromatic heterocycles. The Morgan fingerprint density at radius 1 is 1.38 bits per heavy atom. The summed E-state index contributed by atoms with van der Waals surface area (Å²) in [6, 6.07) is 0.00971. The number of amides is 2. The maximum atomic E-state index is 12.1. The van der Waals surface area contributed by atoms with Crippen LogP contribution >= 0.6 is 0 Å². The van der Waals surface area contributed by atoms with Crippen molar-refractivity contribution >= 4 is 11.8 Å². The zero-order valence-electron chi connectivity index (χ0n) is 10.2. The van der Waals surface area contributed by atoms with Gasteiger partial charge in [-0.15, -0.1) is 0 Å². The number of primary amides is 1. The van der Waals surface area contributed by atoms with Crippen LogP contribution in [0.5, 0.6) is 0 Å². The maximum absolute atomic E-state index is 12.1. The molecule has 92 valence electrons. The van der Waals surface area contributed by atoms with Crippen LogP contribution in [0.4, 0.5) is 0 Å². The summed E-state index contributed by atoms with van der Waals surface area (Å²) in [5.74, 6) is -0.0779. The molecule has 1 aliphatic heterocycles. The number of carbonyl (C=O) groups excluding carboxylic acids is 2. The van der Waals surface area contributed by atoms with Crippen molar-refractivity contribution in [3.63, 3.8) is 0 Å². The van der Waals surface area contributed by atoms with E-state index in [0.717, 1.165) is 13.1 Å². The SMILES string of the molecule is CC(C(=O)N(CC(N)=O)C(C)C)C1CNC1. The first kappa shape index (κ1) is 13.0. The van der Waals surface area contributed by atoms with Gasteiger partial charge in [0.15, 0.2) is 0 Å². The topological polar surface area (TPSA) is 75.4 Å². The molecule has 1 fully saturated rings. The van der Waals surface area contributed by atoms with Crippen molar-refractivity contribution < 1.29 is 9.59 Å². The van der Waals surface area contributed by atoms with Crippen molar-refractivity contribution in [2.75, 3.05) is 19.6 Å². The highest BCUT2D eigenvalue weighted by atomic mass is 16.2. The molecule has 0 aromatic rings. The van der Waals surface area contributed by atoms with Crippen molar-refractivity contribution in [1.82, 2.24) is 10.2 Å². The Kier molecular flexibility index (Phi) is 4.29. The van der Waals surface area contributed by atoms with Crippen LogP contribution in [-0.4, -0.2) is 42.4 Å². The fourth-order valence-electron chi connectivity index (χ4n) is 1.81. The van der Waals surface area contributed by atoms with Crippen LogP contribution in [0.3, 0.4) is 0 Å². The maximum Gasteiger partial charge on any atom is 0.237 e. The third kappa shape index (κ3) is 2.95. The Labute approximate surface area is 96.4 Å². The Hall–Kier alpha value is -1.10. The van der Waals surface area contributed by atoms with Crippen molar-refractivity contribution in [1.29, 1.82) is 0 Å². The number of rotatable bonds is 5. The molecule has 5 heteroatoms. The van der Waals surface area contributed by atoms with Gasteiger partial charge < -0.3 is 16.0 Å². The number of hydrogen-bond acceptors (Lipinski definition) is 3. The number of nitrogens with zero attached hydrogens (tertiary/aromatic N) is 1. The van der Waals surface area contributed by atoms with Gasteiger partial charge in [0.1, 0.15) is 0 Å². The highest BCUT2D eigenvalue weighted by Gasteiger charge is 2.32. The van der Waals surface area contributed by atoms with Gasteiger partial charge in [-0.1, -0.05) is 6.92 Å². The van der Waals surface area contributed by atoms with Gasteiger partial charge in [-0.2, -0.15) is 0 Å². The molecule has 0 bridgehead atoms. The molecule has 0 saturated carbocycles. The lowest BCUT2D eigenvalue weighted by atomic mass is 9.87. The van der Waals surface area contributed by atoms with E-state index in [4.69, 9.17) is 5.73 Å². The van der Waals surface area contributed by atoms with Crippen LogP contribution < -0.4 is 11.1 Å². The standard InChI is InChI=1S/C11H21N3O2/c1-7(2)14(6-10(12)15)11(16)8(3)9-4-13-5-9/h7-9,13H,4-6H2,1-3H3,(H2,12,15). The molecule has 2 amide bonds. The second-order valence-corrected chi connectivity index (χ2v) is 4.73. The monoisotopic (exact) mass is 227 g/mol. The molecule has 1 aliphatic rings. The molecule has 16 heavy (non-hydrogen) atoms. The highest BCUT2D eigenvalue weighted by molar-refractivity contribution is 5.85. The van der Waals surface area contributed by atoms with Crippen LogP contribution in [0.15, 0.2) is 0 Å². The van der Waals surface area contributed by atoms with Gasteiger partial charge in [0.25, 0.3) is 0 Å². The van der Waals surface area contributed by atoms with Gasteiger partial charge in [0, 0.05) is 12.0 Å². The van der Waals surface area contributed by atoms with E-state index in [0.29, 0.717) is 5.92 Å². The molecule has 3 N–H and O–H groups in total. The van der Waals surface area contributed by atoms with Gasteiger partial charge in [-0.25, -0.2) is 0 Å². The van der Waals surface area contributed by atoms with Gasteiger partial charge in [-0.3, -0.25) is 9.59 Å². The average Bonchev–Trinajstić information content (AvgIpc) is 2.09. The van der Waals surface area contributed by atoms with Crippen molar-refractivity contribution in [2.24, 2.45) is 17.6 Å². The molecule has 0 spiro atoms. The van der Waals surface area contributed by atoms with Crippen LogP contribution in [0.1, 0.15) is 20.8 Å². The Balaban J connectivity index is 2.61. The summed E-state index contributed by atoms with van der Waals surface area (Å²) in [7, 11) is 0. The number of nitrogens with two attached hydrogens (primary N) is 1.